The molecular formula is C22H22N2O3S2. The largest absolute Gasteiger partial charge is 0.480 e. The van der Waals surface area contributed by atoms with Gasteiger partial charge in [-0.05, 0) is 19.4 Å². The summed E-state index contributed by atoms with van der Waals surface area (Å²) in [6.07, 6.45) is 0. The van der Waals surface area contributed by atoms with Gasteiger partial charge in [0.25, 0.3) is 5.91 Å². The maximum absolute atomic E-state index is 12.7. The average molecular weight is 427 g/mol. The van der Waals surface area contributed by atoms with Gasteiger partial charge in [0, 0.05) is 17.1 Å². The van der Waals surface area contributed by atoms with Crippen molar-refractivity contribution in [1.82, 2.24) is 10.3 Å². The predicted octanol–water partition coefficient (Wildman–Crippen LogP) is 4.54. The van der Waals surface area contributed by atoms with E-state index in [1.165, 1.54) is 23.1 Å². The lowest BCUT2D eigenvalue weighted by atomic mass is 10.2. The van der Waals surface area contributed by atoms with E-state index >= 15 is 0 Å². The Morgan fingerprint density at radius 2 is 1.79 bits per heavy atom. The minimum atomic E-state index is -1.04. The quantitative estimate of drug-likeness (QED) is 0.553. The number of nitrogens with one attached hydrogen (secondary N) is 1. The molecule has 3 aromatic rings. The van der Waals surface area contributed by atoms with E-state index in [-0.39, 0.29) is 0 Å². The van der Waals surface area contributed by atoms with Crippen molar-refractivity contribution in [3.8, 4) is 10.6 Å². The number of aromatic nitrogens is 1. The Kier molecular flexibility index (Phi) is 7.06. The fourth-order valence-corrected chi connectivity index (χ4v) is 4.68. The van der Waals surface area contributed by atoms with E-state index < -0.39 is 17.9 Å². The Morgan fingerprint density at radius 1 is 1.10 bits per heavy atom. The summed E-state index contributed by atoms with van der Waals surface area (Å²) < 4.78 is 0. The van der Waals surface area contributed by atoms with E-state index in [2.05, 4.69) is 10.3 Å². The smallest absolute Gasteiger partial charge is 0.327 e. The zero-order valence-corrected chi connectivity index (χ0v) is 17.8. The third-order valence-corrected chi connectivity index (χ3v) is 6.61. The number of aryl methyl sites for hydroxylation is 2. The van der Waals surface area contributed by atoms with Crippen LogP contribution in [0.5, 0.6) is 0 Å². The first-order valence-corrected chi connectivity index (χ1v) is 11.1. The average Bonchev–Trinajstić information content (AvgIpc) is 3.10. The number of carboxylic acids is 1. The van der Waals surface area contributed by atoms with Crippen LogP contribution in [0.1, 0.15) is 26.5 Å². The van der Waals surface area contributed by atoms with Gasteiger partial charge in [-0.2, -0.15) is 11.8 Å². The molecule has 0 radical (unpaired) electrons. The minimum Gasteiger partial charge on any atom is -0.480 e. The lowest BCUT2D eigenvalue weighted by Gasteiger charge is -2.14. The molecule has 150 valence electrons. The Bertz CT molecular complexity index is 985. The van der Waals surface area contributed by atoms with Crippen LogP contribution in [-0.2, 0) is 10.5 Å². The summed E-state index contributed by atoms with van der Waals surface area (Å²) in [4.78, 5) is 29.2. The van der Waals surface area contributed by atoms with Crippen LogP contribution in [0.3, 0.4) is 0 Å². The third-order valence-electron chi connectivity index (χ3n) is 4.30. The summed E-state index contributed by atoms with van der Waals surface area (Å²) >= 11 is 2.76. The van der Waals surface area contributed by atoms with E-state index in [0.717, 1.165) is 21.7 Å². The fourth-order valence-electron chi connectivity index (χ4n) is 2.69. The van der Waals surface area contributed by atoms with Gasteiger partial charge in [0.2, 0.25) is 0 Å². The summed E-state index contributed by atoms with van der Waals surface area (Å²) in [5.74, 6) is -0.457. The lowest BCUT2D eigenvalue weighted by molar-refractivity contribution is -0.138. The Morgan fingerprint density at radius 3 is 2.45 bits per heavy atom. The number of thiazole rings is 1. The molecule has 0 bridgehead atoms. The van der Waals surface area contributed by atoms with Gasteiger partial charge in [0.05, 0.1) is 5.69 Å². The summed E-state index contributed by atoms with van der Waals surface area (Å²) in [6.45, 7) is 3.78. The number of hydrogen-bond donors (Lipinski definition) is 2. The highest BCUT2D eigenvalue weighted by Crippen LogP contribution is 2.28. The number of carbonyl (C=O) groups is 2. The van der Waals surface area contributed by atoms with Gasteiger partial charge in [-0.3, -0.25) is 4.79 Å². The van der Waals surface area contributed by atoms with Crippen LogP contribution >= 0.6 is 23.1 Å². The van der Waals surface area contributed by atoms with Gasteiger partial charge in [0.15, 0.2) is 0 Å². The van der Waals surface area contributed by atoms with Crippen molar-refractivity contribution in [2.24, 2.45) is 0 Å². The minimum absolute atomic E-state index is 0.290. The lowest BCUT2D eigenvalue weighted by Crippen LogP contribution is -2.42. The number of hydrogen-bond acceptors (Lipinski definition) is 5. The second kappa shape index (κ2) is 9.71. The van der Waals surface area contributed by atoms with Crippen LogP contribution in [0.2, 0.25) is 0 Å². The number of aliphatic carboxylic acids is 1. The van der Waals surface area contributed by atoms with Crippen molar-refractivity contribution >= 4 is 35.0 Å². The molecule has 0 fully saturated rings. The van der Waals surface area contributed by atoms with Gasteiger partial charge in [-0.1, -0.05) is 60.2 Å². The summed E-state index contributed by atoms with van der Waals surface area (Å²) in [5.41, 5.74) is 3.81. The maximum atomic E-state index is 12.7. The van der Waals surface area contributed by atoms with Crippen molar-refractivity contribution in [2.75, 3.05) is 5.75 Å². The molecule has 2 N–H and O–H groups in total. The number of carboxylic acid groups (broad SMARTS) is 1. The maximum Gasteiger partial charge on any atom is 0.327 e. The number of carbonyl (C=O) groups excluding carboxylic acids is 1. The summed E-state index contributed by atoms with van der Waals surface area (Å²) in [5, 5.41) is 12.9. The normalized spacial score (nSPS) is 11.8. The van der Waals surface area contributed by atoms with Gasteiger partial charge in [-0.25, -0.2) is 9.78 Å². The molecule has 1 atom stereocenters. The molecule has 1 heterocycles. The van der Waals surface area contributed by atoms with Crippen LogP contribution < -0.4 is 5.32 Å². The van der Waals surface area contributed by atoms with Gasteiger partial charge in [0.1, 0.15) is 15.9 Å². The molecule has 5 nitrogen and oxygen atoms in total. The Labute approximate surface area is 178 Å². The fraction of sp³-hybridized carbons (Fsp3) is 0.227. The molecule has 1 unspecified atom stereocenters. The monoisotopic (exact) mass is 426 g/mol. The van der Waals surface area contributed by atoms with Gasteiger partial charge < -0.3 is 10.4 Å². The highest BCUT2D eigenvalue weighted by atomic mass is 32.2. The van der Waals surface area contributed by atoms with Gasteiger partial charge >= 0.3 is 5.97 Å². The van der Waals surface area contributed by atoms with Crippen LogP contribution in [0.4, 0.5) is 0 Å². The second-order valence-corrected chi connectivity index (χ2v) is 8.69. The number of benzene rings is 2. The first-order valence-electron chi connectivity index (χ1n) is 9.14. The Hall–Kier alpha value is -2.64. The second-order valence-electron chi connectivity index (χ2n) is 6.66. The summed E-state index contributed by atoms with van der Waals surface area (Å²) in [7, 11) is 0. The molecule has 0 saturated heterocycles. The van der Waals surface area contributed by atoms with Crippen molar-refractivity contribution in [3.05, 3.63) is 76.3 Å². The molecule has 0 aliphatic carbocycles. The third kappa shape index (κ3) is 5.68. The number of nitrogens with zero attached hydrogens (tertiary/aromatic N) is 1. The molecular weight excluding hydrogens is 404 g/mol. The molecule has 1 aromatic heterocycles. The predicted molar refractivity (Wildman–Crippen MR) is 119 cm³/mol. The number of amides is 1. The molecule has 29 heavy (non-hydrogen) atoms. The van der Waals surface area contributed by atoms with Crippen LogP contribution in [0.15, 0.2) is 54.6 Å². The topological polar surface area (TPSA) is 79.3 Å². The molecule has 3 rings (SSSR count). The highest BCUT2D eigenvalue weighted by Gasteiger charge is 2.23. The van der Waals surface area contributed by atoms with Crippen molar-refractivity contribution in [2.45, 2.75) is 25.6 Å². The molecule has 0 aliphatic heterocycles. The molecule has 2 aromatic carbocycles. The standard InChI is InChI=1S/C22H22N2O3S2/c1-14-8-10-17(11-9-14)21-23-15(2)19(29-21)20(25)24-18(22(26)27)13-28-12-16-6-4-3-5-7-16/h3-11,18H,12-13H2,1-2H3,(H,24,25)(H,26,27). The molecule has 0 spiro atoms. The van der Waals surface area contributed by atoms with Crippen molar-refractivity contribution in [3.63, 3.8) is 0 Å². The van der Waals surface area contributed by atoms with Crippen LogP contribution in [0, 0.1) is 13.8 Å². The van der Waals surface area contributed by atoms with E-state index in [0.29, 0.717) is 22.1 Å². The van der Waals surface area contributed by atoms with Crippen molar-refractivity contribution < 1.29 is 14.7 Å². The van der Waals surface area contributed by atoms with Crippen LogP contribution in [0.25, 0.3) is 10.6 Å². The first-order chi connectivity index (χ1) is 13.9. The SMILES string of the molecule is Cc1ccc(-c2nc(C)c(C(=O)NC(CSCc3ccccc3)C(=O)O)s2)cc1. The summed E-state index contributed by atoms with van der Waals surface area (Å²) in [6, 6.07) is 16.8. The molecule has 7 heteroatoms. The van der Waals surface area contributed by atoms with Gasteiger partial charge in [-0.15, -0.1) is 11.3 Å². The zero-order valence-electron chi connectivity index (χ0n) is 16.2. The molecule has 1 amide bonds. The van der Waals surface area contributed by atoms with Crippen LogP contribution in [-0.4, -0.2) is 33.8 Å². The number of rotatable bonds is 8. The first kappa shape index (κ1) is 21.1. The van der Waals surface area contributed by atoms with E-state index in [4.69, 9.17) is 0 Å². The van der Waals surface area contributed by atoms with E-state index in [1.54, 1.807) is 6.92 Å². The molecule has 0 saturated carbocycles. The van der Waals surface area contributed by atoms with Crippen molar-refractivity contribution in [1.29, 1.82) is 0 Å². The van der Waals surface area contributed by atoms with E-state index in [9.17, 15) is 14.7 Å². The zero-order chi connectivity index (χ0) is 20.8. The molecule has 0 aliphatic rings. The highest BCUT2D eigenvalue weighted by molar-refractivity contribution is 7.98. The van der Waals surface area contributed by atoms with E-state index in [1.807, 2.05) is 61.5 Å². The number of thioether (sulfide) groups is 1. The Balaban J connectivity index is 1.65.